The Bertz CT molecular complexity index is 2720. The molecular weight excluding hydrogens is 611 g/mol. The fourth-order valence-electron chi connectivity index (χ4n) is 7.47. The van der Waals surface area contributed by atoms with Crippen molar-refractivity contribution in [3.05, 3.63) is 193 Å². The van der Waals surface area contributed by atoms with Gasteiger partial charge in [-0.05, 0) is 64.7 Å². The maximum atomic E-state index is 6.46. The molecule has 0 amide bonds. The fourth-order valence-corrected chi connectivity index (χ4v) is 7.47. The third kappa shape index (κ3) is 4.65. The van der Waals surface area contributed by atoms with Crippen molar-refractivity contribution < 1.29 is 4.42 Å². The van der Waals surface area contributed by atoms with Crippen molar-refractivity contribution in [2.75, 3.05) is 0 Å². The minimum Gasteiger partial charge on any atom is -0.456 e. The highest BCUT2D eigenvalue weighted by Crippen LogP contribution is 2.40. The first-order valence-corrected chi connectivity index (χ1v) is 17.0. The van der Waals surface area contributed by atoms with E-state index in [2.05, 4.69) is 180 Å². The van der Waals surface area contributed by atoms with Gasteiger partial charge in [0.15, 0.2) is 0 Å². The number of nitrogens with one attached hydrogen (secondary N) is 1. The molecule has 0 saturated heterocycles. The summed E-state index contributed by atoms with van der Waals surface area (Å²) in [5.41, 5.74) is 11.8. The Hall–Kier alpha value is -6.65. The summed E-state index contributed by atoms with van der Waals surface area (Å²) >= 11 is 0. The van der Waals surface area contributed by atoms with Crippen LogP contribution in [-0.4, -0.2) is 10.4 Å². The first-order valence-electron chi connectivity index (χ1n) is 17.0. The predicted octanol–water partition coefficient (Wildman–Crippen LogP) is 11.5. The molecule has 0 saturated carbocycles. The summed E-state index contributed by atoms with van der Waals surface area (Å²) in [4.78, 5) is 5.10. The lowest BCUT2D eigenvalue weighted by molar-refractivity contribution is 0.669. The number of aliphatic imine (C=N–C) groups is 1. The Kier molecular flexibility index (Phi) is 6.53. The van der Waals surface area contributed by atoms with Crippen molar-refractivity contribution in [3.63, 3.8) is 0 Å². The molecule has 4 nitrogen and oxygen atoms in total. The Balaban J connectivity index is 1.06. The molecule has 2 aromatic heterocycles. The number of hydrogen-bond acceptors (Lipinski definition) is 3. The van der Waals surface area contributed by atoms with Gasteiger partial charge in [0.05, 0.1) is 33.8 Å². The highest BCUT2D eigenvalue weighted by Gasteiger charge is 2.21. The van der Waals surface area contributed by atoms with E-state index < -0.39 is 0 Å². The Morgan fingerprint density at radius 2 is 1.14 bits per heavy atom. The summed E-state index contributed by atoms with van der Waals surface area (Å²) in [6.07, 6.45) is 2.21. The van der Waals surface area contributed by atoms with Crippen molar-refractivity contribution in [2.45, 2.75) is 6.04 Å². The molecule has 0 bridgehead atoms. The fraction of sp³-hybridized carbons (Fsp3) is 0.0217. The van der Waals surface area contributed by atoms with E-state index in [9.17, 15) is 0 Å². The van der Waals surface area contributed by atoms with Crippen LogP contribution in [0.3, 0.4) is 0 Å². The number of amidine groups is 1. The van der Waals surface area contributed by atoms with E-state index in [1.807, 2.05) is 6.07 Å². The minimum atomic E-state index is 0.0131. The molecule has 9 aromatic rings. The van der Waals surface area contributed by atoms with Crippen LogP contribution >= 0.6 is 0 Å². The molecule has 1 N–H and O–H groups in total. The second-order valence-electron chi connectivity index (χ2n) is 12.8. The SMILES string of the molecule is C1=C(c2ccccc2)N=C(c2ccc(-c3ccc4oc5cccc(-n6c7ccccc7c7ccccc76)c5c4c3)cc2)NC1c1ccccc1. The number of aromatic nitrogens is 1. The van der Waals surface area contributed by atoms with Gasteiger partial charge >= 0.3 is 0 Å². The lowest BCUT2D eigenvalue weighted by atomic mass is 9.98. The molecule has 0 radical (unpaired) electrons. The zero-order valence-corrected chi connectivity index (χ0v) is 27.1. The van der Waals surface area contributed by atoms with Crippen molar-refractivity contribution in [2.24, 2.45) is 4.99 Å². The topological polar surface area (TPSA) is 42.5 Å². The lowest BCUT2D eigenvalue weighted by Gasteiger charge is -2.24. The quantitative estimate of drug-likeness (QED) is 0.203. The van der Waals surface area contributed by atoms with E-state index in [0.717, 1.165) is 61.4 Å². The van der Waals surface area contributed by atoms with Crippen LogP contribution < -0.4 is 5.32 Å². The van der Waals surface area contributed by atoms with Gasteiger partial charge in [0.2, 0.25) is 0 Å². The summed E-state index contributed by atoms with van der Waals surface area (Å²) in [5.74, 6) is 0.860. The number of benzene rings is 7. The van der Waals surface area contributed by atoms with Crippen LogP contribution in [0, 0.1) is 0 Å². The van der Waals surface area contributed by atoms with Crippen LogP contribution in [-0.2, 0) is 0 Å². The van der Waals surface area contributed by atoms with E-state index in [1.54, 1.807) is 0 Å². The standard InChI is InChI=1S/C46H31N3O/c1-3-12-31(13-4-1)38-29-39(32-14-5-2-6-15-32)48-46(47-38)33-24-22-30(23-25-33)34-26-27-43-37(28-34)45-42(20-11-21-44(45)50-43)49-40-18-9-7-16-35(40)36-17-8-10-19-41(36)49/h1-29,38H,(H,47,48). The molecule has 1 aliphatic rings. The minimum absolute atomic E-state index is 0.0131. The molecule has 10 rings (SSSR count). The van der Waals surface area contributed by atoms with Crippen LogP contribution in [0.5, 0.6) is 0 Å². The van der Waals surface area contributed by atoms with E-state index in [0.29, 0.717) is 0 Å². The van der Waals surface area contributed by atoms with Crippen LogP contribution in [0.25, 0.3) is 66.3 Å². The third-order valence-electron chi connectivity index (χ3n) is 9.86. The maximum Gasteiger partial charge on any atom is 0.137 e. The van der Waals surface area contributed by atoms with Gasteiger partial charge in [-0.1, -0.05) is 133 Å². The monoisotopic (exact) mass is 641 g/mol. The van der Waals surface area contributed by atoms with Crippen molar-refractivity contribution in [1.29, 1.82) is 0 Å². The van der Waals surface area contributed by atoms with Gasteiger partial charge in [-0.25, -0.2) is 4.99 Å². The first-order chi connectivity index (χ1) is 24.8. The first kappa shape index (κ1) is 28.4. The maximum absolute atomic E-state index is 6.46. The molecule has 3 heterocycles. The molecule has 1 aliphatic heterocycles. The molecule has 0 fully saturated rings. The van der Waals surface area contributed by atoms with E-state index >= 15 is 0 Å². The summed E-state index contributed by atoms with van der Waals surface area (Å²) in [5, 5.41) is 8.38. The van der Waals surface area contributed by atoms with Crippen molar-refractivity contribution >= 4 is 55.3 Å². The molecular formula is C46H31N3O. The van der Waals surface area contributed by atoms with Gasteiger partial charge in [0.1, 0.15) is 17.0 Å². The largest absolute Gasteiger partial charge is 0.456 e. The van der Waals surface area contributed by atoms with Gasteiger partial charge in [0.25, 0.3) is 0 Å². The van der Waals surface area contributed by atoms with Gasteiger partial charge in [-0.15, -0.1) is 0 Å². The molecule has 0 aliphatic carbocycles. The number of furan rings is 1. The Morgan fingerprint density at radius 3 is 1.88 bits per heavy atom. The van der Waals surface area contributed by atoms with Gasteiger partial charge in [-0.3, -0.25) is 0 Å². The van der Waals surface area contributed by atoms with E-state index in [-0.39, 0.29) is 6.04 Å². The van der Waals surface area contributed by atoms with Crippen LogP contribution in [0.2, 0.25) is 0 Å². The van der Waals surface area contributed by atoms with Crippen LogP contribution in [0.15, 0.2) is 185 Å². The lowest BCUT2D eigenvalue weighted by Crippen LogP contribution is -2.31. The van der Waals surface area contributed by atoms with Crippen LogP contribution in [0.4, 0.5) is 0 Å². The number of rotatable bonds is 5. The third-order valence-corrected chi connectivity index (χ3v) is 9.86. The average Bonchev–Trinajstić information content (AvgIpc) is 3.74. The zero-order valence-electron chi connectivity index (χ0n) is 27.1. The molecule has 1 atom stereocenters. The molecule has 50 heavy (non-hydrogen) atoms. The van der Waals surface area contributed by atoms with Gasteiger partial charge < -0.3 is 14.3 Å². The van der Waals surface area contributed by atoms with Gasteiger partial charge in [-0.2, -0.15) is 0 Å². The summed E-state index contributed by atoms with van der Waals surface area (Å²) in [6.45, 7) is 0. The molecule has 236 valence electrons. The second kappa shape index (κ2) is 11.5. The molecule has 1 unspecified atom stereocenters. The summed E-state index contributed by atoms with van der Waals surface area (Å²) in [7, 11) is 0. The van der Waals surface area contributed by atoms with Crippen LogP contribution in [0.1, 0.15) is 22.7 Å². The Labute approximate surface area is 289 Å². The van der Waals surface area contributed by atoms with Gasteiger partial charge in [0, 0.05) is 21.7 Å². The predicted molar refractivity (Wildman–Crippen MR) is 207 cm³/mol. The highest BCUT2D eigenvalue weighted by molar-refractivity contribution is 6.15. The molecule has 0 spiro atoms. The van der Waals surface area contributed by atoms with Crippen molar-refractivity contribution in [1.82, 2.24) is 9.88 Å². The number of para-hydroxylation sites is 2. The second-order valence-corrected chi connectivity index (χ2v) is 12.8. The Morgan fingerprint density at radius 1 is 0.500 bits per heavy atom. The zero-order chi connectivity index (χ0) is 33.0. The number of fused-ring (bicyclic) bond motifs is 6. The number of nitrogens with zero attached hydrogens (tertiary/aromatic N) is 2. The summed E-state index contributed by atoms with van der Waals surface area (Å²) < 4.78 is 8.83. The average molecular weight is 642 g/mol. The molecule has 4 heteroatoms. The number of hydrogen-bond donors (Lipinski definition) is 1. The van der Waals surface area contributed by atoms with E-state index in [1.165, 1.54) is 27.4 Å². The normalized spacial score (nSPS) is 14.6. The smallest absolute Gasteiger partial charge is 0.137 e. The summed E-state index contributed by atoms with van der Waals surface area (Å²) in [6, 6.07) is 59.8. The van der Waals surface area contributed by atoms with E-state index in [4.69, 9.17) is 9.41 Å². The molecule has 7 aromatic carbocycles. The van der Waals surface area contributed by atoms with Crippen molar-refractivity contribution in [3.8, 4) is 16.8 Å². The highest BCUT2D eigenvalue weighted by atomic mass is 16.3.